The third-order valence-electron chi connectivity index (χ3n) is 4.34. The number of aromatic nitrogens is 2. The van der Waals surface area contributed by atoms with Gasteiger partial charge in [0.1, 0.15) is 5.82 Å². The highest BCUT2D eigenvalue weighted by molar-refractivity contribution is 5.96. The van der Waals surface area contributed by atoms with Crippen molar-refractivity contribution in [2.24, 2.45) is 0 Å². The molecule has 1 aliphatic heterocycles. The first-order chi connectivity index (χ1) is 12.1. The Morgan fingerprint density at radius 1 is 1.20 bits per heavy atom. The normalized spacial score (nSPS) is 17.3. The van der Waals surface area contributed by atoms with Gasteiger partial charge in [-0.15, -0.1) is 0 Å². The quantitative estimate of drug-likeness (QED) is 0.731. The Labute approximate surface area is 144 Å². The molecule has 6 heteroatoms. The van der Waals surface area contributed by atoms with Crippen molar-refractivity contribution < 1.29 is 13.7 Å². The zero-order valence-electron chi connectivity index (χ0n) is 13.6. The van der Waals surface area contributed by atoms with E-state index in [9.17, 15) is 9.18 Å². The molecule has 0 bridgehead atoms. The van der Waals surface area contributed by atoms with Crippen molar-refractivity contribution in [3.63, 3.8) is 0 Å². The van der Waals surface area contributed by atoms with E-state index in [-0.39, 0.29) is 23.9 Å². The Kier molecular flexibility index (Phi) is 3.80. The number of amides is 1. The fraction of sp³-hybridized carbons (Fsp3) is 0.211. The number of hydrogen-bond donors (Lipinski definition) is 0. The Hall–Kier alpha value is -3.02. The first-order valence-corrected chi connectivity index (χ1v) is 8.07. The molecule has 5 nitrogen and oxygen atoms in total. The van der Waals surface area contributed by atoms with Gasteiger partial charge < -0.3 is 9.42 Å². The summed E-state index contributed by atoms with van der Waals surface area (Å²) in [6, 6.07) is 14.1. The maximum absolute atomic E-state index is 14.0. The zero-order chi connectivity index (χ0) is 17.4. The van der Waals surface area contributed by atoms with Gasteiger partial charge >= 0.3 is 0 Å². The molecular formula is C19H16FN3O2. The summed E-state index contributed by atoms with van der Waals surface area (Å²) < 4.78 is 19.3. The van der Waals surface area contributed by atoms with Gasteiger partial charge in [-0.05, 0) is 25.1 Å². The lowest BCUT2D eigenvalue weighted by atomic mass is 10.1. The summed E-state index contributed by atoms with van der Waals surface area (Å²) in [5.41, 5.74) is 2.25. The Morgan fingerprint density at radius 2 is 2.04 bits per heavy atom. The van der Waals surface area contributed by atoms with Gasteiger partial charge in [-0.25, -0.2) is 4.39 Å². The average Bonchev–Trinajstić information content (AvgIpc) is 3.22. The molecule has 1 atom stereocenters. The Balaban J connectivity index is 1.58. The molecule has 1 unspecified atom stereocenters. The lowest BCUT2D eigenvalue weighted by molar-refractivity contribution is -0.117. The number of para-hydroxylation sites is 1. The topological polar surface area (TPSA) is 59.2 Å². The molecular weight excluding hydrogens is 321 g/mol. The molecule has 25 heavy (non-hydrogen) atoms. The van der Waals surface area contributed by atoms with Crippen LogP contribution in [0.5, 0.6) is 0 Å². The van der Waals surface area contributed by atoms with Gasteiger partial charge in [0.15, 0.2) is 0 Å². The molecule has 1 aromatic heterocycles. The highest BCUT2D eigenvalue weighted by atomic mass is 19.1. The molecule has 3 aromatic rings. The predicted octanol–water partition coefficient (Wildman–Crippen LogP) is 3.70. The third-order valence-corrected chi connectivity index (χ3v) is 4.34. The number of anilines is 1. The lowest BCUT2D eigenvalue weighted by Crippen LogP contribution is -2.25. The summed E-state index contributed by atoms with van der Waals surface area (Å²) in [6.45, 7) is 2.32. The molecule has 0 radical (unpaired) electrons. The van der Waals surface area contributed by atoms with Crippen molar-refractivity contribution in [3.8, 4) is 11.4 Å². The molecule has 126 valence electrons. The Bertz CT molecular complexity index is 938. The summed E-state index contributed by atoms with van der Waals surface area (Å²) in [6.07, 6.45) is 0.226. The highest BCUT2D eigenvalue weighted by Gasteiger charge is 2.36. The van der Waals surface area contributed by atoms with Crippen molar-refractivity contribution in [2.75, 3.05) is 11.4 Å². The van der Waals surface area contributed by atoms with Gasteiger partial charge in [0.2, 0.25) is 17.6 Å². The van der Waals surface area contributed by atoms with Gasteiger partial charge in [-0.3, -0.25) is 4.79 Å². The largest absolute Gasteiger partial charge is 0.339 e. The number of benzene rings is 2. The molecule has 0 N–H and O–H groups in total. The van der Waals surface area contributed by atoms with E-state index in [1.165, 1.54) is 11.0 Å². The number of carbonyl (C=O) groups is 1. The second-order valence-electron chi connectivity index (χ2n) is 6.18. The van der Waals surface area contributed by atoms with Crippen LogP contribution in [0.15, 0.2) is 53.1 Å². The minimum absolute atomic E-state index is 0.148. The summed E-state index contributed by atoms with van der Waals surface area (Å²) in [5, 5.41) is 4.02. The van der Waals surface area contributed by atoms with Crippen molar-refractivity contribution >= 4 is 11.6 Å². The monoisotopic (exact) mass is 337 g/mol. The van der Waals surface area contributed by atoms with Crippen LogP contribution < -0.4 is 4.90 Å². The summed E-state index contributed by atoms with van der Waals surface area (Å²) >= 11 is 0. The number of aryl methyl sites for hydroxylation is 1. The number of carbonyl (C=O) groups excluding carboxylic acids is 1. The minimum atomic E-state index is -0.414. The second kappa shape index (κ2) is 6.12. The fourth-order valence-electron chi connectivity index (χ4n) is 3.08. The smallest absolute Gasteiger partial charge is 0.232 e. The standard InChI is InChI=1S/C19H16FN3O2/c1-12-5-4-6-13(9-12)18-21-19(25-22-18)14-10-17(24)23(11-14)16-8-3-2-7-15(16)20/h2-9,14H,10-11H2,1H3. The number of rotatable bonds is 3. The van der Waals surface area contributed by atoms with E-state index < -0.39 is 5.82 Å². The molecule has 1 saturated heterocycles. The van der Waals surface area contributed by atoms with Gasteiger partial charge in [-0.1, -0.05) is 41.1 Å². The molecule has 1 amide bonds. The van der Waals surface area contributed by atoms with E-state index in [1.54, 1.807) is 18.2 Å². The van der Waals surface area contributed by atoms with Gasteiger partial charge in [-0.2, -0.15) is 4.98 Å². The van der Waals surface area contributed by atoms with Crippen LogP contribution >= 0.6 is 0 Å². The summed E-state index contributed by atoms with van der Waals surface area (Å²) in [5.74, 6) is 0.102. The van der Waals surface area contributed by atoms with Gasteiger partial charge in [0.25, 0.3) is 0 Å². The van der Waals surface area contributed by atoms with Crippen molar-refractivity contribution in [1.82, 2.24) is 10.1 Å². The summed E-state index contributed by atoms with van der Waals surface area (Å²) in [4.78, 5) is 18.2. The van der Waals surface area contributed by atoms with Crippen LogP contribution in [0.3, 0.4) is 0 Å². The maximum Gasteiger partial charge on any atom is 0.232 e. The maximum atomic E-state index is 14.0. The van der Waals surface area contributed by atoms with E-state index in [2.05, 4.69) is 10.1 Å². The third kappa shape index (κ3) is 2.91. The molecule has 0 saturated carbocycles. The first kappa shape index (κ1) is 15.5. The van der Waals surface area contributed by atoms with Crippen molar-refractivity contribution in [3.05, 3.63) is 65.8 Å². The van der Waals surface area contributed by atoms with Crippen LogP contribution in [0.25, 0.3) is 11.4 Å². The van der Waals surface area contributed by atoms with E-state index in [4.69, 9.17) is 4.52 Å². The van der Waals surface area contributed by atoms with Crippen LogP contribution in [0.1, 0.15) is 23.8 Å². The molecule has 2 aromatic carbocycles. The first-order valence-electron chi connectivity index (χ1n) is 8.07. The predicted molar refractivity (Wildman–Crippen MR) is 90.6 cm³/mol. The van der Waals surface area contributed by atoms with E-state index in [1.807, 2.05) is 31.2 Å². The Morgan fingerprint density at radius 3 is 2.84 bits per heavy atom. The van der Waals surface area contributed by atoms with E-state index in [0.29, 0.717) is 18.3 Å². The average molecular weight is 337 g/mol. The van der Waals surface area contributed by atoms with Crippen molar-refractivity contribution in [2.45, 2.75) is 19.3 Å². The molecule has 0 aliphatic carbocycles. The molecule has 0 spiro atoms. The van der Waals surface area contributed by atoms with Crippen LogP contribution in [0, 0.1) is 12.7 Å². The minimum Gasteiger partial charge on any atom is -0.339 e. The van der Waals surface area contributed by atoms with Crippen LogP contribution in [0.4, 0.5) is 10.1 Å². The second-order valence-corrected chi connectivity index (χ2v) is 6.18. The number of nitrogens with zero attached hydrogens (tertiary/aromatic N) is 3. The van der Waals surface area contributed by atoms with Crippen LogP contribution in [0.2, 0.25) is 0 Å². The van der Waals surface area contributed by atoms with Gasteiger partial charge in [0, 0.05) is 18.5 Å². The number of hydrogen-bond acceptors (Lipinski definition) is 4. The zero-order valence-corrected chi connectivity index (χ0v) is 13.6. The van der Waals surface area contributed by atoms with Crippen LogP contribution in [-0.2, 0) is 4.79 Å². The fourth-order valence-corrected chi connectivity index (χ4v) is 3.08. The van der Waals surface area contributed by atoms with Crippen LogP contribution in [-0.4, -0.2) is 22.6 Å². The molecule has 1 aliphatic rings. The van der Waals surface area contributed by atoms with Crippen molar-refractivity contribution in [1.29, 1.82) is 0 Å². The lowest BCUT2D eigenvalue weighted by Gasteiger charge is -2.16. The van der Waals surface area contributed by atoms with Gasteiger partial charge in [0.05, 0.1) is 11.6 Å². The van der Waals surface area contributed by atoms with E-state index in [0.717, 1.165) is 11.1 Å². The molecule has 4 rings (SSSR count). The SMILES string of the molecule is Cc1cccc(-c2noc(C3CC(=O)N(c4ccccc4F)C3)n2)c1. The number of halogens is 1. The molecule has 1 fully saturated rings. The highest BCUT2D eigenvalue weighted by Crippen LogP contribution is 2.33. The summed E-state index contributed by atoms with van der Waals surface area (Å²) in [7, 11) is 0. The van der Waals surface area contributed by atoms with E-state index >= 15 is 0 Å². The molecule has 2 heterocycles.